The fraction of sp³-hybridized carbons (Fsp3) is 0.400. The number of nitrogens with zero attached hydrogens (tertiary/aromatic N) is 2. The fourth-order valence-corrected chi connectivity index (χ4v) is 5.89. The van der Waals surface area contributed by atoms with E-state index >= 15 is 0 Å². The molecule has 1 heterocycles. The van der Waals surface area contributed by atoms with Crippen molar-refractivity contribution in [2.45, 2.75) is 64.8 Å². The molecule has 1 aliphatic rings. The van der Waals surface area contributed by atoms with Crippen molar-refractivity contribution in [1.29, 1.82) is 0 Å². The summed E-state index contributed by atoms with van der Waals surface area (Å²) < 4.78 is 28.3. The van der Waals surface area contributed by atoms with E-state index in [0.717, 1.165) is 36.6 Å². The quantitative estimate of drug-likeness (QED) is 0.273. The molecule has 0 aromatic heterocycles. The smallest absolute Gasteiger partial charge is 0.284 e. The molecule has 4 rings (SSSR count). The molecule has 0 spiro atoms. The van der Waals surface area contributed by atoms with Gasteiger partial charge in [0.2, 0.25) is 0 Å². The number of nitrogens with two attached hydrogens (primary N) is 1. The van der Waals surface area contributed by atoms with Crippen LogP contribution in [0.25, 0.3) is 0 Å². The van der Waals surface area contributed by atoms with Gasteiger partial charge in [-0.25, -0.2) is 8.78 Å². The number of rotatable bonds is 13. The number of nitrogens with one attached hydrogen (secondary N) is 1. The number of hydrogen-bond acceptors (Lipinski definition) is 4. The Morgan fingerprint density at radius 3 is 2.27 bits per heavy atom. The first-order valence-electron chi connectivity index (χ1n) is 15.6. The lowest BCUT2D eigenvalue weighted by atomic mass is 9.93. The van der Waals surface area contributed by atoms with Crippen molar-refractivity contribution in [3.05, 3.63) is 106 Å². The third-order valence-electron chi connectivity index (χ3n) is 7.97. The molecule has 45 heavy (non-hydrogen) atoms. The first-order chi connectivity index (χ1) is 21.6. The summed E-state index contributed by atoms with van der Waals surface area (Å²) in [5.74, 6) is -2.62. The summed E-state index contributed by atoms with van der Waals surface area (Å²) in [7, 11) is 0. The molecule has 240 valence electrons. The van der Waals surface area contributed by atoms with Crippen LogP contribution in [0.3, 0.4) is 0 Å². The minimum Gasteiger partial charge on any atom is -0.384 e. The molecule has 1 saturated heterocycles. The van der Waals surface area contributed by atoms with Gasteiger partial charge in [-0.3, -0.25) is 14.4 Å². The van der Waals surface area contributed by atoms with E-state index < -0.39 is 35.7 Å². The van der Waals surface area contributed by atoms with Gasteiger partial charge in [-0.05, 0) is 73.2 Å². The minimum atomic E-state index is -1.39. The Balaban J connectivity index is 1.60. The number of carbonyl (C=O) groups is 3. The fourth-order valence-electron chi connectivity index (χ4n) is 5.89. The Morgan fingerprint density at radius 2 is 1.62 bits per heavy atom. The van der Waals surface area contributed by atoms with Gasteiger partial charge in [0, 0.05) is 36.8 Å². The minimum absolute atomic E-state index is 0.129. The van der Waals surface area contributed by atoms with E-state index in [1.165, 1.54) is 6.07 Å². The molecule has 1 fully saturated rings. The predicted molar refractivity (Wildman–Crippen MR) is 167 cm³/mol. The molecule has 3 aromatic carbocycles. The number of quaternary nitrogens is 1. The van der Waals surface area contributed by atoms with Gasteiger partial charge < -0.3 is 25.5 Å². The normalized spacial score (nSPS) is 16.3. The maximum atomic E-state index is 14.1. The van der Waals surface area contributed by atoms with Crippen LogP contribution in [0.4, 0.5) is 8.78 Å². The van der Waals surface area contributed by atoms with Crippen molar-refractivity contribution in [2.24, 2.45) is 0 Å². The lowest BCUT2D eigenvalue weighted by Crippen LogP contribution is -2.99. The third-order valence-corrected chi connectivity index (χ3v) is 7.97. The largest absolute Gasteiger partial charge is 0.384 e. The van der Waals surface area contributed by atoms with Crippen molar-refractivity contribution in [3.63, 3.8) is 0 Å². The lowest BCUT2D eigenvalue weighted by molar-refractivity contribution is -0.690. The van der Waals surface area contributed by atoms with Gasteiger partial charge in [0.1, 0.15) is 17.7 Å². The summed E-state index contributed by atoms with van der Waals surface area (Å²) in [5.41, 5.74) is 2.45. The highest BCUT2D eigenvalue weighted by Gasteiger charge is 2.41. The SMILES string of the molecule is CCCN(CCC)C(=O)c1cc(C)cc(C(=O)N[C@@H](Cc2cc(F)cc(F)c2)[C@H](O)[C@@H]2[NH2+]CCN(Cc3ccccc3)C2=O)c1. The second-order valence-corrected chi connectivity index (χ2v) is 11.7. The monoisotopic (exact) mass is 621 g/mol. The summed E-state index contributed by atoms with van der Waals surface area (Å²) >= 11 is 0. The highest BCUT2D eigenvalue weighted by atomic mass is 19.1. The van der Waals surface area contributed by atoms with Crippen LogP contribution in [0.2, 0.25) is 0 Å². The summed E-state index contributed by atoms with van der Waals surface area (Å²) in [4.78, 5) is 44.0. The van der Waals surface area contributed by atoms with Crippen LogP contribution >= 0.6 is 0 Å². The number of aliphatic hydroxyl groups excluding tert-OH is 1. The number of halogens is 2. The molecule has 0 aliphatic carbocycles. The number of aliphatic hydroxyl groups is 1. The average Bonchev–Trinajstić information content (AvgIpc) is 3.00. The predicted octanol–water partition coefficient (Wildman–Crippen LogP) is 3.21. The zero-order chi connectivity index (χ0) is 32.5. The molecular weight excluding hydrogens is 578 g/mol. The zero-order valence-corrected chi connectivity index (χ0v) is 26.1. The van der Waals surface area contributed by atoms with Crippen LogP contribution in [0.1, 0.15) is 64.1 Å². The van der Waals surface area contributed by atoms with E-state index in [-0.39, 0.29) is 29.4 Å². The first kappa shape index (κ1) is 33.7. The lowest BCUT2D eigenvalue weighted by Gasteiger charge is -2.35. The first-order valence-corrected chi connectivity index (χ1v) is 15.6. The van der Waals surface area contributed by atoms with Gasteiger partial charge in [0.25, 0.3) is 17.7 Å². The van der Waals surface area contributed by atoms with Crippen LogP contribution in [0, 0.1) is 18.6 Å². The molecular formula is C35H43F2N4O4+. The molecule has 4 N–H and O–H groups in total. The van der Waals surface area contributed by atoms with Gasteiger partial charge in [-0.15, -0.1) is 0 Å². The van der Waals surface area contributed by atoms with E-state index in [0.29, 0.717) is 43.9 Å². The molecule has 3 amide bonds. The van der Waals surface area contributed by atoms with Crippen LogP contribution in [-0.4, -0.2) is 77.0 Å². The van der Waals surface area contributed by atoms with Crippen molar-refractivity contribution in [3.8, 4) is 0 Å². The number of hydrogen-bond donors (Lipinski definition) is 3. The zero-order valence-electron chi connectivity index (χ0n) is 26.1. The Labute approximate surface area is 263 Å². The highest BCUT2D eigenvalue weighted by molar-refractivity contribution is 6.00. The van der Waals surface area contributed by atoms with Crippen molar-refractivity contribution >= 4 is 17.7 Å². The maximum absolute atomic E-state index is 14.1. The Bertz CT molecular complexity index is 1460. The molecule has 0 saturated carbocycles. The van der Waals surface area contributed by atoms with Crippen LogP contribution in [0.5, 0.6) is 0 Å². The van der Waals surface area contributed by atoms with Gasteiger partial charge in [0.05, 0.1) is 19.1 Å². The number of aryl methyl sites for hydroxylation is 1. The number of carbonyl (C=O) groups excluding carboxylic acids is 3. The van der Waals surface area contributed by atoms with Crippen LogP contribution in [0.15, 0.2) is 66.7 Å². The summed E-state index contributed by atoms with van der Waals surface area (Å²) in [5, 5.41) is 16.2. The van der Waals surface area contributed by atoms with Gasteiger partial charge in [-0.2, -0.15) is 0 Å². The van der Waals surface area contributed by atoms with Gasteiger partial charge >= 0.3 is 0 Å². The summed E-state index contributed by atoms with van der Waals surface area (Å²) in [6.07, 6.45) is 0.0770. The second-order valence-electron chi connectivity index (χ2n) is 11.7. The molecule has 10 heteroatoms. The van der Waals surface area contributed by atoms with Crippen LogP contribution in [-0.2, 0) is 17.8 Å². The van der Waals surface area contributed by atoms with E-state index in [2.05, 4.69) is 5.32 Å². The maximum Gasteiger partial charge on any atom is 0.284 e. The van der Waals surface area contributed by atoms with Crippen molar-refractivity contribution in [2.75, 3.05) is 26.2 Å². The molecule has 0 unspecified atom stereocenters. The molecule has 1 aliphatic heterocycles. The van der Waals surface area contributed by atoms with Crippen molar-refractivity contribution in [1.82, 2.24) is 15.1 Å². The Kier molecular flexibility index (Phi) is 11.8. The number of amides is 3. The van der Waals surface area contributed by atoms with E-state index in [1.807, 2.05) is 44.2 Å². The molecule has 3 atom stereocenters. The topological polar surface area (TPSA) is 107 Å². The Morgan fingerprint density at radius 1 is 0.978 bits per heavy atom. The molecule has 0 radical (unpaired) electrons. The number of piperazine rings is 1. The second kappa shape index (κ2) is 15.7. The molecule has 8 nitrogen and oxygen atoms in total. The van der Waals surface area contributed by atoms with E-state index in [9.17, 15) is 28.3 Å². The average molecular weight is 622 g/mol. The molecule has 0 bridgehead atoms. The van der Waals surface area contributed by atoms with E-state index in [1.54, 1.807) is 34.2 Å². The van der Waals surface area contributed by atoms with E-state index in [4.69, 9.17) is 0 Å². The molecule has 3 aromatic rings. The van der Waals surface area contributed by atoms with Gasteiger partial charge in [0.15, 0.2) is 6.04 Å². The third kappa shape index (κ3) is 8.95. The number of benzene rings is 3. The Hall–Kier alpha value is -4.15. The highest BCUT2D eigenvalue weighted by Crippen LogP contribution is 2.18. The summed E-state index contributed by atoms with van der Waals surface area (Å²) in [6, 6.07) is 15.4. The standard InChI is InChI=1S/C35H42F2N4O4/c1-4-12-40(13-5-2)34(44)27-16-23(3)15-26(20-27)33(43)39-30(19-25-17-28(36)21-29(37)18-25)32(42)31-35(45)41(14-11-38-31)22-24-9-7-6-8-10-24/h6-10,15-18,20-21,30-32,38,42H,4-5,11-14,19,22H2,1-3H3,(H,39,43)/p+1/t30-,31-,32-/m0/s1. The van der Waals surface area contributed by atoms with Gasteiger partial charge in [-0.1, -0.05) is 44.2 Å². The van der Waals surface area contributed by atoms with Crippen molar-refractivity contribution < 1.29 is 33.6 Å². The summed E-state index contributed by atoms with van der Waals surface area (Å²) in [6.45, 7) is 8.35. The van der Waals surface area contributed by atoms with Crippen LogP contribution < -0.4 is 10.6 Å².